The number of nitrogens with zero attached hydrogens (tertiary/aromatic N) is 3. The molecule has 0 radical (unpaired) electrons. The zero-order valence-electron chi connectivity index (χ0n) is 16.6. The van der Waals surface area contributed by atoms with E-state index in [0.717, 1.165) is 32.8 Å². The van der Waals surface area contributed by atoms with Crippen molar-refractivity contribution < 1.29 is 0 Å². The van der Waals surface area contributed by atoms with Gasteiger partial charge in [-0.3, -0.25) is 4.57 Å². The molecular weight excluding hydrogens is 398 g/mol. The lowest BCUT2D eigenvalue weighted by atomic mass is 10.1. The fraction of sp³-hybridized carbons (Fsp3) is 0.167. The lowest BCUT2D eigenvalue weighted by Gasteiger charge is -2.16. The summed E-state index contributed by atoms with van der Waals surface area (Å²) in [7, 11) is 0. The molecule has 0 N–H and O–H groups in total. The second kappa shape index (κ2) is 8.44. The molecule has 3 aromatic carbocycles. The second-order valence-electron chi connectivity index (χ2n) is 7.06. The van der Waals surface area contributed by atoms with Crippen LogP contribution in [0.3, 0.4) is 0 Å². The van der Waals surface area contributed by atoms with Crippen LogP contribution < -0.4 is 0 Å². The molecule has 1 aromatic heterocycles. The lowest BCUT2D eigenvalue weighted by Crippen LogP contribution is -2.02. The fourth-order valence-corrected chi connectivity index (χ4v) is 4.64. The van der Waals surface area contributed by atoms with Crippen molar-refractivity contribution in [1.29, 1.82) is 0 Å². The Morgan fingerprint density at radius 2 is 1.59 bits per heavy atom. The molecule has 146 valence electrons. The van der Waals surface area contributed by atoms with E-state index in [1.807, 2.05) is 36.4 Å². The van der Waals surface area contributed by atoms with E-state index in [1.54, 1.807) is 11.8 Å². The monoisotopic (exact) mass is 419 g/mol. The summed E-state index contributed by atoms with van der Waals surface area (Å²) in [6.07, 6.45) is 0. The Morgan fingerprint density at radius 1 is 0.862 bits per heavy atom. The summed E-state index contributed by atoms with van der Waals surface area (Å²) in [4.78, 5) is 0. The molecule has 0 amide bonds. The molecule has 1 heterocycles. The number of halogens is 1. The molecule has 0 saturated heterocycles. The quantitative estimate of drug-likeness (QED) is 0.324. The predicted octanol–water partition coefficient (Wildman–Crippen LogP) is 7.06. The van der Waals surface area contributed by atoms with Crippen molar-refractivity contribution >= 4 is 23.4 Å². The molecule has 0 aliphatic carbocycles. The summed E-state index contributed by atoms with van der Waals surface area (Å²) in [5.74, 6) is 0.836. The first-order valence-electron chi connectivity index (χ1n) is 9.54. The van der Waals surface area contributed by atoms with Gasteiger partial charge in [-0.15, -0.1) is 10.2 Å². The third-order valence-corrected chi connectivity index (χ3v) is 6.47. The Hall–Kier alpha value is -2.56. The maximum Gasteiger partial charge on any atom is 0.196 e. The molecule has 0 spiro atoms. The van der Waals surface area contributed by atoms with E-state index in [0.29, 0.717) is 0 Å². The highest BCUT2D eigenvalue weighted by Gasteiger charge is 2.20. The number of aryl methyl sites for hydroxylation is 2. The first kappa shape index (κ1) is 19.7. The Kier molecular flexibility index (Phi) is 5.74. The zero-order chi connectivity index (χ0) is 20.4. The molecule has 4 aromatic rings. The fourth-order valence-electron chi connectivity index (χ4n) is 3.24. The average molecular weight is 420 g/mol. The van der Waals surface area contributed by atoms with E-state index < -0.39 is 0 Å². The van der Waals surface area contributed by atoms with Crippen LogP contribution in [0.15, 0.2) is 78.0 Å². The minimum atomic E-state index is 0.141. The van der Waals surface area contributed by atoms with Crippen LogP contribution in [0.1, 0.15) is 28.9 Å². The number of benzene rings is 3. The van der Waals surface area contributed by atoms with Gasteiger partial charge < -0.3 is 0 Å². The summed E-state index contributed by atoms with van der Waals surface area (Å²) < 4.78 is 2.14. The maximum atomic E-state index is 6.43. The van der Waals surface area contributed by atoms with Gasteiger partial charge in [-0.2, -0.15) is 0 Å². The first-order valence-corrected chi connectivity index (χ1v) is 10.8. The van der Waals surface area contributed by atoms with Crippen molar-refractivity contribution in [2.24, 2.45) is 0 Å². The van der Waals surface area contributed by atoms with E-state index in [1.165, 1.54) is 11.1 Å². The van der Waals surface area contributed by atoms with Crippen molar-refractivity contribution in [2.75, 3.05) is 0 Å². The summed E-state index contributed by atoms with van der Waals surface area (Å²) >= 11 is 8.09. The molecule has 1 atom stereocenters. The number of thioether (sulfide) groups is 1. The largest absolute Gasteiger partial charge is 0.270 e. The molecule has 5 heteroatoms. The summed E-state index contributed by atoms with van der Waals surface area (Å²) in [6.45, 7) is 6.40. The van der Waals surface area contributed by atoms with Crippen molar-refractivity contribution in [3.63, 3.8) is 0 Å². The van der Waals surface area contributed by atoms with Gasteiger partial charge in [0.05, 0.1) is 5.69 Å². The molecule has 0 saturated carbocycles. The van der Waals surface area contributed by atoms with Crippen LogP contribution in [0.5, 0.6) is 0 Å². The highest BCUT2D eigenvalue weighted by atomic mass is 35.5. The molecule has 0 aliphatic rings. The van der Waals surface area contributed by atoms with Gasteiger partial charge >= 0.3 is 0 Å². The Bertz CT molecular complexity index is 1140. The Balaban J connectivity index is 1.81. The van der Waals surface area contributed by atoms with Crippen LogP contribution in [0.4, 0.5) is 0 Å². The van der Waals surface area contributed by atoms with Crippen LogP contribution in [-0.2, 0) is 0 Å². The maximum absolute atomic E-state index is 6.43. The van der Waals surface area contributed by atoms with Gasteiger partial charge in [-0.25, -0.2) is 0 Å². The highest BCUT2D eigenvalue weighted by molar-refractivity contribution is 7.99. The molecule has 0 aliphatic heterocycles. The topological polar surface area (TPSA) is 30.7 Å². The standard InChI is InChI=1S/C24H22ClN3S/c1-16-13-14-20(15-17(16)2)28-23(19-9-5-4-6-10-19)26-27-24(28)29-18(3)21-11-7-8-12-22(21)25/h4-15,18H,1-3H3/t18-/m0/s1. The average Bonchev–Trinajstić information content (AvgIpc) is 3.14. The second-order valence-corrected chi connectivity index (χ2v) is 8.77. The minimum absolute atomic E-state index is 0.141. The van der Waals surface area contributed by atoms with Gasteiger partial charge in [0.1, 0.15) is 0 Å². The Labute approximate surface area is 180 Å². The number of hydrogen-bond donors (Lipinski definition) is 0. The van der Waals surface area contributed by atoms with Gasteiger partial charge in [0, 0.05) is 15.8 Å². The highest BCUT2D eigenvalue weighted by Crippen LogP contribution is 2.39. The molecule has 29 heavy (non-hydrogen) atoms. The first-order chi connectivity index (χ1) is 14.0. The van der Waals surface area contributed by atoms with Crippen molar-refractivity contribution in [1.82, 2.24) is 14.8 Å². The number of aromatic nitrogens is 3. The summed E-state index contributed by atoms with van der Waals surface area (Å²) in [6, 6.07) is 24.6. The van der Waals surface area contributed by atoms with Crippen molar-refractivity contribution in [2.45, 2.75) is 31.2 Å². The summed E-state index contributed by atoms with van der Waals surface area (Å²) in [5, 5.41) is 10.9. The van der Waals surface area contributed by atoms with Crippen LogP contribution in [0.25, 0.3) is 17.1 Å². The van der Waals surface area contributed by atoms with Crippen LogP contribution >= 0.6 is 23.4 Å². The van der Waals surface area contributed by atoms with Crippen LogP contribution in [0.2, 0.25) is 5.02 Å². The van der Waals surface area contributed by atoms with Crippen LogP contribution in [-0.4, -0.2) is 14.8 Å². The normalized spacial score (nSPS) is 12.1. The van der Waals surface area contributed by atoms with E-state index in [-0.39, 0.29) is 5.25 Å². The van der Waals surface area contributed by atoms with Gasteiger partial charge in [0.15, 0.2) is 11.0 Å². The van der Waals surface area contributed by atoms with E-state index in [4.69, 9.17) is 11.6 Å². The van der Waals surface area contributed by atoms with Gasteiger partial charge in [-0.1, -0.05) is 78.0 Å². The molecular formula is C24H22ClN3S. The molecule has 0 unspecified atom stereocenters. The number of hydrogen-bond acceptors (Lipinski definition) is 3. The van der Waals surface area contributed by atoms with Crippen molar-refractivity contribution in [3.8, 4) is 17.1 Å². The molecule has 0 fully saturated rings. The predicted molar refractivity (Wildman–Crippen MR) is 122 cm³/mol. The molecule has 0 bridgehead atoms. The lowest BCUT2D eigenvalue weighted by molar-refractivity contribution is 0.877. The summed E-state index contributed by atoms with van der Waals surface area (Å²) in [5.41, 5.74) is 5.70. The third-order valence-electron chi connectivity index (χ3n) is 5.04. The SMILES string of the molecule is Cc1ccc(-n2c(S[C@@H](C)c3ccccc3Cl)nnc2-c2ccccc2)cc1C. The van der Waals surface area contributed by atoms with Gasteiger partial charge in [0.25, 0.3) is 0 Å². The number of rotatable bonds is 5. The van der Waals surface area contributed by atoms with Crippen LogP contribution in [0, 0.1) is 13.8 Å². The smallest absolute Gasteiger partial charge is 0.196 e. The van der Waals surface area contributed by atoms with Gasteiger partial charge in [-0.05, 0) is 55.7 Å². The van der Waals surface area contributed by atoms with Gasteiger partial charge in [0.2, 0.25) is 0 Å². The third kappa shape index (κ3) is 4.09. The van der Waals surface area contributed by atoms with Crippen molar-refractivity contribution in [3.05, 3.63) is 94.5 Å². The van der Waals surface area contributed by atoms with E-state index in [9.17, 15) is 0 Å². The van der Waals surface area contributed by atoms with E-state index in [2.05, 4.69) is 71.9 Å². The van der Waals surface area contributed by atoms with E-state index >= 15 is 0 Å². The minimum Gasteiger partial charge on any atom is -0.270 e. The molecule has 3 nitrogen and oxygen atoms in total. The molecule has 4 rings (SSSR count). The zero-order valence-corrected chi connectivity index (χ0v) is 18.2. The Morgan fingerprint density at radius 3 is 2.31 bits per heavy atom.